The van der Waals surface area contributed by atoms with Gasteiger partial charge in [0.1, 0.15) is 5.82 Å². The third kappa shape index (κ3) is 6.10. The molecule has 1 saturated carbocycles. The Hall–Kier alpha value is -2.95. The summed E-state index contributed by atoms with van der Waals surface area (Å²) in [5.74, 6) is 2.46. The Balaban J connectivity index is 1.52. The molecule has 0 unspecified atom stereocenters. The Morgan fingerprint density at radius 3 is 2.48 bits per heavy atom. The summed E-state index contributed by atoms with van der Waals surface area (Å²) < 4.78 is 2.12. The third-order valence-corrected chi connectivity index (χ3v) is 6.69. The number of hydrogen-bond acceptors (Lipinski definition) is 3. The van der Waals surface area contributed by atoms with Crippen molar-refractivity contribution < 1.29 is 9.90 Å². The second-order valence-electron chi connectivity index (χ2n) is 9.78. The van der Waals surface area contributed by atoms with Crippen LogP contribution in [0.1, 0.15) is 79.9 Å². The highest BCUT2D eigenvalue weighted by molar-refractivity contribution is 5.95. The molecule has 1 N–H and O–H groups in total. The van der Waals surface area contributed by atoms with E-state index in [4.69, 9.17) is 10.1 Å². The lowest BCUT2D eigenvalue weighted by molar-refractivity contribution is 0.0697. The molecule has 0 bridgehead atoms. The minimum atomic E-state index is -0.904. The standard InChI is InChI=1S/C28H35N3O2/c1-20(2)16-17-31-27(29-26(30-31)18-21-8-4-3-5-9-21)19-22-12-14-23(15-13-22)24-10-6-7-11-25(24)28(32)33/h6-7,10-15,20-21H,3-5,8-9,16-19H2,1-2H3,(H,32,33). The van der Waals surface area contributed by atoms with Crippen molar-refractivity contribution in [3.8, 4) is 11.1 Å². The first-order valence-corrected chi connectivity index (χ1v) is 12.3. The Labute approximate surface area is 196 Å². The van der Waals surface area contributed by atoms with E-state index in [1.165, 1.54) is 32.1 Å². The van der Waals surface area contributed by atoms with Gasteiger partial charge in [0.2, 0.25) is 0 Å². The Morgan fingerprint density at radius 1 is 1.06 bits per heavy atom. The number of hydrogen-bond donors (Lipinski definition) is 1. The van der Waals surface area contributed by atoms with Crippen LogP contribution in [0.25, 0.3) is 11.1 Å². The first-order chi connectivity index (χ1) is 16.0. The molecule has 0 saturated heterocycles. The molecule has 33 heavy (non-hydrogen) atoms. The lowest BCUT2D eigenvalue weighted by Gasteiger charge is -2.19. The van der Waals surface area contributed by atoms with E-state index in [0.29, 0.717) is 11.5 Å². The first-order valence-electron chi connectivity index (χ1n) is 12.3. The highest BCUT2D eigenvalue weighted by atomic mass is 16.4. The van der Waals surface area contributed by atoms with E-state index in [2.05, 4.69) is 30.7 Å². The normalized spacial score (nSPS) is 14.6. The average Bonchev–Trinajstić information content (AvgIpc) is 3.19. The van der Waals surface area contributed by atoms with Crippen LogP contribution in [0.5, 0.6) is 0 Å². The monoisotopic (exact) mass is 445 g/mol. The van der Waals surface area contributed by atoms with E-state index in [-0.39, 0.29) is 0 Å². The van der Waals surface area contributed by atoms with Gasteiger partial charge < -0.3 is 5.11 Å². The number of nitrogens with zero attached hydrogens (tertiary/aromatic N) is 3. The van der Waals surface area contributed by atoms with Gasteiger partial charge in [0.05, 0.1) is 5.56 Å². The van der Waals surface area contributed by atoms with Crippen LogP contribution in [0, 0.1) is 11.8 Å². The maximum atomic E-state index is 11.6. The third-order valence-electron chi connectivity index (χ3n) is 6.69. The number of carbonyl (C=O) groups is 1. The molecule has 174 valence electrons. The predicted molar refractivity (Wildman–Crippen MR) is 131 cm³/mol. The zero-order valence-corrected chi connectivity index (χ0v) is 19.8. The second-order valence-corrected chi connectivity index (χ2v) is 9.78. The molecule has 0 radical (unpaired) electrons. The molecule has 1 aliphatic rings. The highest BCUT2D eigenvalue weighted by Crippen LogP contribution is 2.27. The molecule has 0 aliphatic heterocycles. The van der Waals surface area contributed by atoms with Crippen LogP contribution in [-0.4, -0.2) is 25.8 Å². The lowest BCUT2D eigenvalue weighted by Crippen LogP contribution is -2.11. The molecular formula is C28H35N3O2. The predicted octanol–water partition coefficient (Wildman–Crippen LogP) is 6.40. The van der Waals surface area contributed by atoms with E-state index in [0.717, 1.165) is 60.1 Å². The summed E-state index contributed by atoms with van der Waals surface area (Å²) in [5, 5.41) is 14.4. The van der Waals surface area contributed by atoms with Crippen LogP contribution in [0.3, 0.4) is 0 Å². The Kier molecular flexibility index (Phi) is 7.58. The van der Waals surface area contributed by atoms with Crippen molar-refractivity contribution in [2.75, 3.05) is 0 Å². The van der Waals surface area contributed by atoms with Crippen molar-refractivity contribution in [1.29, 1.82) is 0 Å². The van der Waals surface area contributed by atoms with Crippen LogP contribution in [0.15, 0.2) is 48.5 Å². The average molecular weight is 446 g/mol. The fraction of sp³-hybridized carbons (Fsp3) is 0.464. The Morgan fingerprint density at radius 2 is 1.79 bits per heavy atom. The zero-order chi connectivity index (χ0) is 23.2. The van der Waals surface area contributed by atoms with Crippen molar-refractivity contribution in [3.05, 3.63) is 71.3 Å². The second kappa shape index (κ2) is 10.8. The van der Waals surface area contributed by atoms with Gasteiger partial charge in [-0.05, 0) is 41.0 Å². The topological polar surface area (TPSA) is 68.0 Å². The van der Waals surface area contributed by atoms with Gasteiger partial charge >= 0.3 is 5.97 Å². The number of carboxylic acid groups (broad SMARTS) is 1. The molecule has 2 aromatic carbocycles. The summed E-state index contributed by atoms with van der Waals surface area (Å²) in [7, 11) is 0. The summed E-state index contributed by atoms with van der Waals surface area (Å²) in [6, 6.07) is 15.3. The fourth-order valence-electron chi connectivity index (χ4n) is 4.76. The number of rotatable bonds is 9. The molecule has 5 heteroatoms. The first kappa shape index (κ1) is 23.2. The van der Waals surface area contributed by atoms with Crippen LogP contribution in [0.2, 0.25) is 0 Å². The van der Waals surface area contributed by atoms with Gasteiger partial charge in [-0.15, -0.1) is 0 Å². The molecule has 1 fully saturated rings. The van der Waals surface area contributed by atoms with E-state index in [1.54, 1.807) is 12.1 Å². The van der Waals surface area contributed by atoms with Gasteiger partial charge in [-0.25, -0.2) is 14.5 Å². The molecule has 1 aromatic heterocycles. The number of aromatic carboxylic acids is 1. The summed E-state index contributed by atoms with van der Waals surface area (Å²) in [5.41, 5.74) is 3.14. The van der Waals surface area contributed by atoms with Crippen molar-refractivity contribution in [1.82, 2.24) is 14.8 Å². The van der Waals surface area contributed by atoms with Crippen molar-refractivity contribution in [2.24, 2.45) is 11.8 Å². The quantitative estimate of drug-likeness (QED) is 0.414. The molecule has 4 rings (SSSR count). The van der Waals surface area contributed by atoms with Gasteiger partial charge in [0.15, 0.2) is 5.82 Å². The zero-order valence-electron chi connectivity index (χ0n) is 19.8. The summed E-state index contributed by atoms with van der Waals surface area (Å²) >= 11 is 0. The van der Waals surface area contributed by atoms with Gasteiger partial charge in [-0.2, -0.15) is 5.10 Å². The van der Waals surface area contributed by atoms with Gasteiger partial charge in [0.25, 0.3) is 0 Å². The number of carboxylic acids is 1. The van der Waals surface area contributed by atoms with Crippen LogP contribution < -0.4 is 0 Å². The molecule has 3 aromatic rings. The number of benzene rings is 2. The summed E-state index contributed by atoms with van der Waals surface area (Å²) in [6.07, 6.45) is 9.45. The van der Waals surface area contributed by atoms with Crippen molar-refractivity contribution in [2.45, 2.75) is 71.8 Å². The van der Waals surface area contributed by atoms with Gasteiger partial charge in [0, 0.05) is 19.4 Å². The van der Waals surface area contributed by atoms with Gasteiger partial charge in [-0.3, -0.25) is 0 Å². The molecule has 5 nitrogen and oxygen atoms in total. The lowest BCUT2D eigenvalue weighted by atomic mass is 9.87. The van der Waals surface area contributed by atoms with E-state index in [1.807, 2.05) is 24.3 Å². The molecule has 1 aliphatic carbocycles. The smallest absolute Gasteiger partial charge is 0.336 e. The SMILES string of the molecule is CC(C)CCn1nc(CC2CCCCC2)nc1Cc1ccc(-c2ccccc2C(=O)O)cc1. The van der Waals surface area contributed by atoms with Crippen LogP contribution in [0.4, 0.5) is 0 Å². The summed E-state index contributed by atoms with van der Waals surface area (Å²) in [6.45, 7) is 5.38. The van der Waals surface area contributed by atoms with E-state index in [9.17, 15) is 9.90 Å². The van der Waals surface area contributed by atoms with Gasteiger partial charge in [-0.1, -0.05) is 88.4 Å². The highest BCUT2D eigenvalue weighted by Gasteiger charge is 2.18. The fourth-order valence-corrected chi connectivity index (χ4v) is 4.76. The Bertz CT molecular complexity index is 1060. The number of aromatic nitrogens is 3. The minimum Gasteiger partial charge on any atom is -0.478 e. The summed E-state index contributed by atoms with van der Waals surface area (Å²) in [4.78, 5) is 16.5. The largest absolute Gasteiger partial charge is 0.478 e. The minimum absolute atomic E-state index is 0.325. The van der Waals surface area contributed by atoms with Crippen LogP contribution in [-0.2, 0) is 19.4 Å². The van der Waals surface area contributed by atoms with Crippen molar-refractivity contribution in [3.63, 3.8) is 0 Å². The number of aryl methyl sites for hydroxylation is 1. The molecule has 1 heterocycles. The van der Waals surface area contributed by atoms with E-state index >= 15 is 0 Å². The maximum absolute atomic E-state index is 11.6. The molecule has 0 amide bonds. The van der Waals surface area contributed by atoms with Crippen LogP contribution >= 0.6 is 0 Å². The molecule has 0 atom stereocenters. The molecule has 0 spiro atoms. The maximum Gasteiger partial charge on any atom is 0.336 e. The molecular weight excluding hydrogens is 410 g/mol. The van der Waals surface area contributed by atoms with Crippen molar-refractivity contribution >= 4 is 5.97 Å². The van der Waals surface area contributed by atoms with E-state index < -0.39 is 5.97 Å².